The van der Waals surface area contributed by atoms with Crippen molar-refractivity contribution in [1.29, 1.82) is 0 Å². The average Bonchev–Trinajstić information content (AvgIpc) is 2.73. The van der Waals surface area contributed by atoms with E-state index in [2.05, 4.69) is 17.0 Å². The average molecular weight is 421 g/mol. The Morgan fingerprint density at radius 2 is 1.59 bits per heavy atom. The summed E-state index contributed by atoms with van der Waals surface area (Å²) in [5, 5.41) is 10.6. The van der Waals surface area contributed by atoms with E-state index in [9.17, 15) is 18.7 Å². The molecule has 1 fully saturated rings. The van der Waals surface area contributed by atoms with Gasteiger partial charge in [-0.1, -0.05) is 36.4 Å². The molecule has 1 aliphatic heterocycles. The molecule has 0 aromatic heterocycles. The van der Waals surface area contributed by atoms with Crippen LogP contribution in [0.2, 0.25) is 0 Å². The summed E-state index contributed by atoms with van der Waals surface area (Å²) < 4.78 is 21.9. The van der Waals surface area contributed by atoms with E-state index in [0.717, 1.165) is 32.4 Å². The maximum Gasteiger partial charge on any atom is 1.00 e. The molecule has 0 bridgehead atoms. The first-order valence-electron chi connectivity index (χ1n) is 9.75. The maximum atomic E-state index is 12.8. The summed E-state index contributed by atoms with van der Waals surface area (Å²) in [6.45, 7) is 1.59. The van der Waals surface area contributed by atoms with Crippen LogP contribution in [0.5, 0.6) is 0 Å². The molecule has 2 aliphatic rings. The van der Waals surface area contributed by atoms with Gasteiger partial charge in [0.25, 0.3) is 0 Å². The number of aliphatic hydroxyl groups excluding tert-OH is 1. The van der Waals surface area contributed by atoms with E-state index >= 15 is 0 Å². The predicted octanol–water partition coefficient (Wildman–Crippen LogP) is -0.648. The van der Waals surface area contributed by atoms with Crippen LogP contribution in [0.4, 0.5) is 0 Å². The van der Waals surface area contributed by atoms with Crippen LogP contribution in [-0.4, -0.2) is 49.8 Å². The second-order valence-corrected chi connectivity index (χ2v) is 8.69. The van der Waals surface area contributed by atoms with Gasteiger partial charge in [-0.3, -0.25) is 13.9 Å². The molecule has 0 radical (unpaired) electrons. The minimum absolute atomic E-state index is 0. The Morgan fingerprint density at radius 3 is 2.17 bits per heavy atom. The summed E-state index contributed by atoms with van der Waals surface area (Å²) >= 11 is -2.27. The summed E-state index contributed by atoms with van der Waals surface area (Å²) in [6, 6.07) is 14.6. The predicted molar refractivity (Wildman–Crippen MR) is 106 cm³/mol. The van der Waals surface area contributed by atoms with Crippen LogP contribution >= 0.6 is 0 Å². The van der Waals surface area contributed by atoms with E-state index in [-0.39, 0.29) is 58.3 Å². The number of hydrogen-bond acceptors (Lipinski definition) is 5. The summed E-state index contributed by atoms with van der Waals surface area (Å²) in [6.07, 6.45) is 2.69. The largest absolute Gasteiger partial charge is 1.00 e. The number of hydrogen-bond donors (Lipinski definition) is 1. The number of carbonyl (C=O) groups is 1. The monoisotopic (exact) mass is 421 g/mol. The first-order valence-corrected chi connectivity index (χ1v) is 10.8. The number of ketones is 1. The summed E-state index contributed by atoms with van der Waals surface area (Å²) in [4.78, 5) is 15.3. The van der Waals surface area contributed by atoms with Crippen molar-refractivity contribution in [2.24, 2.45) is 5.92 Å². The summed E-state index contributed by atoms with van der Waals surface area (Å²) in [7, 11) is 0. The zero-order valence-corrected chi connectivity index (χ0v) is 19.4. The van der Waals surface area contributed by atoms with Crippen molar-refractivity contribution in [2.45, 2.75) is 42.7 Å². The second-order valence-electron chi connectivity index (χ2n) is 7.75. The number of benzene rings is 2. The molecule has 2 aromatic rings. The number of likely N-dealkylation sites (tertiary alicyclic amines) is 1. The fraction of sp³-hybridized carbons (Fsp3) is 0.409. The zero-order valence-electron chi connectivity index (χ0n) is 16.6. The van der Waals surface area contributed by atoms with Crippen molar-refractivity contribution in [3.05, 3.63) is 65.2 Å². The van der Waals surface area contributed by atoms with Crippen LogP contribution in [0.15, 0.2) is 53.4 Å². The maximum absolute atomic E-state index is 12.8. The van der Waals surface area contributed by atoms with Crippen molar-refractivity contribution >= 4 is 16.9 Å². The van der Waals surface area contributed by atoms with Gasteiger partial charge in [-0.05, 0) is 66.7 Å². The molecule has 1 aliphatic carbocycles. The molecule has 7 heteroatoms. The first kappa shape index (κ1) is 22.8. The molecule has 1 N–H and O–H groups in total. The van der Waals surface area contributed by atoms with Gasteiger partial charge in [0.05, 0.1) is 6.10 Å². The van der Waals surface area contributed by atoms with Crippen LogP contribution in [0, 0.1) is 5.92 Å². The molecule has 5 nitrogen and oxygen atoms in total. The minimum Gasteiger partial charge on any atom is -0.768 e. The summed E-state index contributed by atoms with van der Waals surface area (Å²) in [5.74, 6) is 0.0327. The van der Waals surface area contributed by atoms with Crippen LogP contribution in [0.3, 0.4) is 0 Å². The molecule has 148 valence electrons. The number of fused-ring (bicyclic) bond motifs is 1. The van der Waals surface area contributed by atoms with E-state index in [1.54, 1.807) is 12.1 Å². The van der Waals surface area contributed by atoms with Gasteiger partial charge in [-0.15, -0.1) is 0 Å². The number of carbonyl (C=O) groups excluding carboxylic acids is 1. The first-order chi connectivity index (χ1) is 13.5. The van der Waals surface area contributed by atoms with Crippen molar-refractivity contribution < 1.29 is 48.2 Å². The van der Waals surface area contributed by atoms with Crippen LogP contribution in [0.1, 0.15) is 34.3 Å². The number of rotatable bonds is 4. The zero-order chi connectivity index (χ0) is 19.7. The fourth-order valence-electron chi connectivity index (χ4n) is 4.51. The Morgan fingerprint density at radius 1 is 1.00 bits per heavy atom. The SMILES string of the molecule is O=C(c1ccc(S(=O)[O-])cc1)C1CCN(C2Cc3ccccc3CC2O)CC1.[Na+]. The molecule has 2 aromatic carbocycles. The van der Waals surface area contributed by atoms with Gasteiger partial charge in [0.2, 0.25) is 0 Å². The summed E-state index contributed by atoms with van der Waals surface area (Å²) in [5.41, 5.74) is 3.12. The fourth-order valence-corrected chi connectivity index (χ4v) is 4.87. The van der Waals surface area contributed by atoms with Gasteiger partial charge >= 0.3 is 29.6 Å². The van der Waals surface area contributed by atoms with Gasteiger partial charge < -0.3 is 9.66 Å². The van der Waals surface area contributed by atoms with E-state index in [4.69, 9.17) is 0 Å². The standard InChI is InChI=1S/C22H25NO4S.Na/c24-21-14-18-4-2-1-3-17(18)13-20(21)23-11-9-16(10-12-23)22(25)15-5-7-19(8-6-15)28(26)27;/h1-8,16,20-21,24H,9-14H2,(H,26,27);/q;+1/p-1. The van der Waals surface area contributed by atoms with E-state index in [0.29, 0.717) is 12.0 Å². The van der Waals surface area contributed by atoms with Gasteiger partial charge in [-0.2, -0.15) is 0 Å². The molecule has 3 atom stereocenters. The third-order valence-electron chi connectivity index (χ3n) is 6.12. The molecule has 1 saturated heterocycles. The topological polar surface area (TPSA) is 80.7 Å². The Bertz CT molecular complexity index is 881. The molecule has 0 amide bonds. The quantitative estimate of drug-likeness (QED) is 0.403. The van der Waals surface area contributed by atoms with Gasteiger partial charge in [0.15, 0.2) is 5.78 Å². The van der Waals surface area contributed by atoms with Gasteiger partial charge in [0.1, 0.15) is 0 Å². The molecule has 0 spiro atoms. The molecule has 4 rings (SSSR count). The van der Waals surface area contributed by atoms with E-state index < -0.39 is 11.1 Å². The molecular formula is C22H24NNaO4S. The van der Waals surface area contributed by atoms with Crippen LogP contribution in [-0.2, 0) is 23.9 Å². The molecular weight excluding hydrogens is 397 g/mol. The molecule has 0 saturated carbocycles. The number of nitrogens with zero attached hydrogens (tertiary/aromatic N) is 1. The number of Topliss-reactive ketones (excluding diaryl/α,β-unsaturated/α-hetero) is 1. The van der Waals surface area contributed by atoms with Crippen molar-refractivity contribution in [2.75, 3.05) is 13.1 Å². The molecule has 1 heterocycles. The third kappa shape index (κ3) is 5.07. The Balaban J connectivity index is 0.00000240. The van der Waals surface area contributed by atoms with Gasteiger partial charge in [0, 0.05) is 28.8 Å². The number of aliphatic hydroxyl groups is 1. The molecule has 3 unspecified atom stereocenters. The Kier molecular flexibility index (Phi) is 7.84. The smallest absolute Gasteiger partial charge is 0.768 e. The van der Waals surface area contributed by atoms with E-state index in [1.807, 2.05) is 12.1 Å². The van der Waals surface area contributed by atoms with E-state index in [1.165, 1.54) is 23.3 Å². The second kappa shape index (κ2) is 9.96. The van der Waals surface area contributed by atoms with Crippen LogP contribution < -0.4 is 29.6 Å². The normalized spacial score (nSPS) is 23.7. The number of piperidine rings is 1. The van der Waals surface area contributed by atoms with Gasteiger partial charge in [-0.25, -0.2) is 0 Å². The Labute approximate surface area is 196 Å². The Hall–Kier alpha value is -0.860. The van der Waals surface area contributed by atoms with Crippen molar-refractivity contribution in [3.8, 4) is 0 Å². The third-order valence-corrected chi connectivity index (χ3v) is 6.78. The van der Waals surface area contributed by atoms with Crippen molar-refractivity contribution in [3.63, 3.8) is 0 Å². The van der Waals surface area contributed by atoms with Crippen LogP contribution in [0.25, 0.3) is 0 Å². The minimum atomic E-state index is -2.27. The van der Waals surface area contributed by atoms with Crippen molar-refractivity contribution in [1.82, 2.24) is 4.90 Å². The molecule has 29 heavy (non-hydrogen) atoms.